The maximum absolute atomic E-state index is 5.52. The van der Waals surface area contributed by atoms with E-state index in [0.29, 0.717) is 6.04 Å². The number of hydrogen-bond donors (Lipinski definition) is 0. The first kappa shape index (κ1) is 16.3. The number of nitrogens with zero attached hydrogens (tertiary/aromatic N) is 2. The van der Waals surface area contributed by atoms with Crippen LogP contribution in [0.3, 0.4) is 0 Å². The molecule has 0 aromatic heterocycles. The molecular weight excluding hydrogens is 340 g/mol. The van der Waals surface area contributed by atoms with Gasteiger partial charge in [-0.05, 0) is 49.9 Å². The van der Waals surface area contributed by atoms with Gasteiger partial charge >= 0.3 is 0 Å². The molecule has 3 rings (SSSR count). The number of piperidine rings is 2. The van der Waals surface area contributed by atoms with E-state index < -0.39 is 0 Å². The second kappa shape index (κ2) is 6.90. The highest BCUT2D eigenvalue weighted by Crippen LogP contribution is 2.32. The Bertz CT molecular complexity index is 504. The largest absolute Gasteiger partial charge is 0.496 e. The Balaban J connectivity index is 1.67. The maximum atomic E-state index is 5.52. The molecule has 1 aromatic carbocycles. The van der Waals surface area contributed by atoms with Crippen LogP contribution < -0.4 is 4.74 Å². The minimum atomic E-state index is 0.662. The van der Waals surface area contributed by atoms with Gasteiger partial charge in [-0.1, -0.05) is 22.9 Å². The summed E-state index contributed by atoms with van der Waals surface area (Å²) in [6.45, 7) is 7.16. The topological polar surface area (TPSA) is 15.7 Å². The summed E-state index contributed by atoms with van der Waals surface area (Å²) in [5.74, 6) is 2.74. The SMILES string of the molecule is COc1ccc(Br)cc1CN(C)C1CC2CC(C)CN(C2)C1. The molecule has 4 unspecified atom stereocenters. The Hall–Kier alpha value is -0.580. The molecule has 1 aromatic rings. The molecule has 2 heterocycles. The summed E-state index contributed by atoms with van der Waals surface area (Å²) in [6, 6.07) is 6.94. The molecule has 0 radical (unpaired) electrons. The third-order valence-electron chi connectivity index (χ3n) is 5.18. The number of rotatable bonds is 4. The van der Waals surface area contributed by atoms with E-state index in [2.05, 4.69) is 45.8 Å². The molecule has 0 N–H and O–H groups in total. The fraction of sp³-hybridized carbons (Fsp3) is 0.667. The van der Waals surface area contributed by atoms with Crippen LogP contribution >= 0.6 is 15.9 Å². The van der Waals surface area contributed by atoms with E-state index in [9.17, 15) is 0 Å². The van der Waals surface area contributed by atoms with E-state index in [1.165, 1.54) is 38.0 Å². The maximum Gasteiger partial charge on any atom is 0.123 e. The van der Waals surface area contributed by atoms with Gasteiger partial charge in [0.1, 0.15) is 5.75 Å². The lowest BCUT2D eigenvalue weighted by molar-refractivity contribution is 0.0270. The van der Waals surface area contributed by atoms with Crippen molar-refractivity contribution in [2.24, 2.45) is 11.8 Å². The molecule has 0 spiro atoms. The molecular formula is C18H27BrN2O. The van der Waals surface area contributed by atoms with Gasteiger partial charge in [0.05, 0.1) is 7.11 Å². The van der Waals surface area contributed by atoms with Crippen molar-refractivity contribution >= 4 is 15.9 Å². The van der Waals surface area contributed by atoms with Crippen LogP contribution in [0, 0.1) is 11.8 Å². The van der Waals surface area contributed by atoms with Crippen LogP contribution in [0.25, 0.3) is 0 Å². The van der Waals surface area contributed by atoms with E-state index in [1.54, 1.807) is 7.11 Å². The summed E-state index contributed by atoms with van der Waals surface area (Å²) >= 11 is 3.58. The van der Waals surface area contributed by atoms with Gasteiger partial charge in [0, 0.05) is 42.3 Å². The minimum absolute atomic E-state index is 0.662. The average Bonchev–Trinajstić information content (AvgIpc) is 2.46. The zero-order chi connectivity index (χ0) is 15.7. The lowest BCUT2D eigenvalue weighted by atomic mass is 9.82. The van der Waals surface area contributed by atoms with E-state index in [1.807, 2.05) is 12.1 Å². The van der Waals surface area contributed by atoms with E-state index in [-0.39, 0.29) is 0 Å². The van der Waals surface area contributed by atoms with Crippen molar-refractivity contribution in [3.05, 3.63) is 28.2 Å². The Morgan fingerprint density at radius 1 is 1.27 bits per heavy atom. The Morgan fingerprint density at radius 2 is 2.09 bits per heavy atom. The number of fused-ring (bicyclic) bond motifs is 2. The highest BCUT2D eigenvalue weighted by atomic mass is 79.9. The van der Waals surface area contributed by atoms with Gasteiger partial charge in [-0.15, -0.1) is 0 Å². The molecule has 0 saturated carbocycles. The molecule has 122 valence electrons. The second-order valence-electron chi connectivity index (χ2n) is 7.19. The van der Waals surface area contributed by atoms with E-state index >= 15 is 0 Å². The number of hydrogen-bond acceptors (Lipinski definition) is 3. The lowest BCUT2D eigenvalue weighted by Crippen LogP contribution is -2.53. The summed E-state index contributed by atoms with van der Waals surface area (Å²) in [5.41, 5.74) is 1.26. The molecule has 4 heteroatoms. The summed E-state index contributed by atoms with van der Waals surface area (Å²) in [4.78, 5) is 5.18. The second-order valence-corrected chi connectivity index (χ2v) is 8.10. The number of likely N-dealkylation sites (N-methyl/N-ethyl adjacent to an activating group) is 1. The molecule has 2 aliphatic heterocycles. The van der Waals surface area contributed by atoms with Crippen LogP contribution in [-0.2, 0) is 6.54 Å². The van der Waals surface area contributed by atoms with Crippen molar-refractivity contribution < 1.29 is 4.74 Å². The summed E-state index contributed by atoms with van der Waals surface area (Å²) in [7, 11) is 4.02. The fourth-order valence-corrected chi connectivity index (χ4v) is 4.67. The molecule has 3 nitrogen and oxygen atoms in total. The molecule has 2 saturated heterocycles. The minimum Gasteiger partial charge on any atom is -0.496 e. The zero-order valence-electron chi connectivity index (χ0n) is 13.9. The average molecular weight is 367 g/mol. The van der Waals surface area contributed by atoms with Crippen LogP contribution in [0.2, 0.25) is 0 Å². The van der Waals surface area contributed by atoms with Crippen LogP contribution in [0.15, 0.2) is 22.7 Å². The van der Waals surface area contributed by atoms with Gasteiger partial charge in [0.15, 0.2) is 0 Å². The Morgan fingerprint density at radius 3 is 2.82 bits per heavy atom. The van der Waals surface area contributed by atoms with Crippen molar-refractivity contribution in [3.63, 3.8) is 0 Å². The van der Waals surface area contributed by atoms with Crippen molar-refractivity contribution in [2.45, 2.75) is 32.4 Å². The number of halogens is 1. The molecule has 22 heavy (non-hydrogen) atoms. The number of methoxy groups -OCH3 is 1. The van der Waals surface area contributed by atoms with Gasteiger partial charge in [-0.2, -0.15) is 0 Å². The first-order chi connectivity index (χ1) is 10.5. The first-order valence-electron chi connectivity index (χ1n) is 8.30. The van der Waals surface area contributed by atoms with Crippen LogP contribution in [0.5, 0.6) is 5.75 Å². The third-order valence-corrected chi connectivity index (χ3v) is 5.68. The van der Waals surface area contributed by atoms with Gasteiger partial charge in [-0.3, -0.25) is 4.90 Å². The Kier molecular flexibility index (Phi) is 5.10. The summed E-state index contributed by atoms with van der Waals surface area (Å²) in [6.07, 6.45) is 2.74. The van der Waals surface area contributed by atoms with Gasteiger partial charge in [-0.25, -0.2) is 0 Å². The molecule has 4 atom stereocenters. The van der Waals surface area contributed by atoms with Crippen LogP contribution in [0.1, 0.15) is 25.3 Å². The smallest absolute Gasteiger partial charge is 0.123 e. The van der Waals surface area contributed by atoms with Crippen LogP contribution in [0.4, 0.5) is 0 Å². The number of benzene rings is 1. The van der Waals surface area contributed by atoms with E-state index in [4.69, 9.17) is 4.74 Å². The molecule has 0 amide bonds. The van der Waals surface area contributed by atoms with Crippen LogP contribution in [-0.4, -0.2) is 49.6 Å². The quantitative estimate of drug-likeness (QED) is 0.809. The normalized spacial score (nSPS) is 31.3. The van der Waals surface area contributed by atoms with Crippen molar-refractivity contribution in [2.75, 3.05) is 33.8 Å². The highest BCUT2D eigenvalue weighted by molar-refractivity contribution is 9.10. The van der Waals surface area contributed by atoms with Crippen molar-refractivity contribution in [1.82, 2.24) is 9.80 Å². The van der Waals surface area contributed by atoms with Gasteiger partial charge in [0.2, 0.25) is 0 Å². The fourth-order valence-electron chi connectivity index (χ4n) is 4.26. The van der Waals surface area contributed by atoms with E-state index in [0.717, 1.165) is 28.6 Å². The number of ether oxygens (including phenoxy) is 1. The standard InChI is InChI=1S/C18H27BrN2O/c1-13-6-14-7-17(12-21(9-13)10-14)20(2)11-15-8-16(19)4-5-18(15)22-3/h4-5,8,13-14,17H,6-7,9-12H2,1-3H3. The first-order valence-corrected chi connectivity index (χ1v) is 9.09. The molecule has 2 aliphatic rings. The van der Waals surface area contributed by atoms with Crippen molar-refractivity contribution in [1.29, 1.82) is 0 Å². The molecule has 0 aliphatic carbocycles. The summed E-state index contributed by atoms with van der Waals surface area (Å²) < 4.78 is 6.64. The molecule has 2 bridgehead atoms. The highest BCUT2D eigenvalue weighted by Gasteiger charge is 2.34. The van der Waals surface area contributed by atoms with Crippen molar-refractivity contribution in [3.8, 4) is 5.75 Å². The zero-order valence-corrected chi connectivity index (χ0v) is 15.5. The van der Waals surface area contributed by atoms with Gasteiger partial charge < -0.3 is 9.64 Å². The molecule has 2 fully saturated rings. The lowest BCUT2D eigenvalue weighted by Gasteiger charge is -2.46. The van der Waals surface area contributed by atoms with Gasteiger partial charge in [0.25, 0.3) is 0 Å². The predicted octanol–water partition coefficient (Wildman–Crippen LogP) is 3.62. The Labute approximate surface area is 142 Å². The predicted molar refractivity (Wildman–Crippen MR) is 94.3 cm³/mol. The monoisotopic (exact) mass is 366 g/mol. The summed E-state index contributed by atoms with van der Waals surface area (Å²) in [5, 5.41) is 0. The third kappa shape index (κ3) is 3.66.